The number of carbonyl (C=O) groups is 1. The Morgan fingerprint density at radius 2 is 1.61 bits per heavy atom. The highest BCUT2D eigenvalue weighted by Crippen LogP contribution is 2.22. The molecule has 0 fully saturated rings. The number of nitrogens with two attached hydrogens (primary N) is 1. The van der Waals surface area contributed by atoms with Crippen molar-refractivity contribution >= 4 is 21.7 Å². The predicted molar refractivity (Wildman–Crippen MR) is 84.9 cm³/mol. The van der Waals surface area contributed by atoms with Crippen LogP contribution in [0.15, 0.2) is 53.4 Å². The van der Waals surface area contributed by atoms with Gasteiger partial charge in [-0.05, 0) is 48.5 Å². The predicted octanol–water partition coefficient (Wildman–Crippen LogP) is 1.36. The van der Waals surface area contributed by atoms with E-state index in [9.17, 15) is 13.2 Å². The smallest absolute Gasteiger partial charge is 0.339 e. The van der Waals surface area contributed by atoms with Crippen LogP contribution in [0.3, 0.4) is 0 Å². The average molecular weight is 336 g/mol. The van der Waals surface area contributed by atoms with E-state index in [0.29, 0.717) is 11.4 Å². The summed E-state index contributed by atoms with van der Waals surface area (Å²) in [6, 6.07) is 11.8. The van der Waals surface area contributed by atoms with Crippen LogP contribution in [0.25, 0.3) is 0 Å². The first kappa shape index (κ1) is 16.8. The number of hydrogen-bond acceptors (Lipinski definition) is 6. The molecule has 1 amide bonds. The van der Waals surface area contributed by atoms with Crippen molar-refractivity contribution in [3.63, 3.8) is 0 Å². The van der Waals surface area contributed by atoms with Crippen molar-refractivity contribution in [1.82, 2.24) is 0 Å². The summed E-state index contributed by atoms with van der Waals surface area (Å²) < 4.78 is 34.4. The van der Waals surface area contributed by atoms with E-state index in [-0.39, 0.29) is 23.1 Å². The number of ether oxygens (including phenoxy) is 1. The molecule has 0 heterocycles. The monoisotopic (exact) mass is 336 g/mol. The Labute approximate surface area is 134 Å². The Balaban J connectivity index is 2.13. The molecule has 2 rings (SSSR count). The Kier molecular flexibility index (Phi) is 5.20. The lowest BCUT2D eigenvalue weighted by atomic mass is 10.3. The van der Waals surface area contributed by atoms with E-state index >= 15 is 0 Å². The number of rotatable bonds is 6. The van der Waals surface area contributed by atoms with Gasteiger partial charge in [0, 0.05) is 5.69 Å². The second-order valence-electron chi connectivity index (χ2n) is 4.49. The number of nitrogens with one attached hydrogen (secondary N) is 1. The van der Waals surface area contributed by atoms with Crippen LogP contribution in [0.5, 0.6) is 11.5 Å². The van der Waals surface area contributed by atoms with Crippen molar-refractivity contribution in [1.29, 1.82) is 0 Å². The summed E-state index contributed by atoms with van der Waals surface area (Å²) >= 11 is 0. The van der Waals surface area contributed by atoms with Gasteiger partial charge in [0.2, 0.25) is 5.91 Å². The third-order valence-corrected chi connectivity index (χ3v) is 4.14. The van der Waals surface area contributed by atoms with Crippen LogP contribution in [0.4, 0.5) is 5.69 Å². The van der Waals surface area contributed by atoms with Crippen LogP contribution in [-0.4, -0.2) is 28.0 Å². The molecule has 0 bridgehead atoms. The maximum atomic E-state index is 12.2. The zero-order valence-electron chi connectivity index (χ0n) is 12.4. The highest BCUT2D eigenvalue weighted by Gasteiger charge is 2.16. The van der Waals surface area contributed by atoms with E-state index in [4.69, 9.17) is 14.7 Å². The molecule has 0 aromatic heterocycles. The summed E-state index contributed by atoms with van der Waals surface area (Å²) in [6.07, 6.45) is 0. The first-order chi connectivity index (χ1) is 10.9. The van der Waals surface area contributed by atoms with Crippen molar-refractivity contribution in [3.05, 3.63) is 48.5 Å². The van der Waals surface area contributed by atoms with Gasteiger partial charge >= 0.3 is 10.1 Å². The van der Waals surface area contributed by atoms with Crippen molar-refractivity contribution in [2.45, 2.75) is 4.90 Å². The second-order valence-corrected chi connectivity index (χ2v) is 6.04. The minimum atomic E-state index is -3.96. The molecule has 8 heteroatoms. The molecule has 0 aliphatic rings. The lowest BCUT2D eigenvalue weighted by molar-refractivity contribution is -0.114. The van der Waals surface area contributed by atoms with Crippen molar-refractivity contribution < 1.29 is 22.1 Å². The molecule has 0 spiro atoms. The Morgan fingerprint density at radius 3 is 2.13 bits per heavy atom. The number of amides is 1. The van der Waals surface area contributed by atoms with Gasteiger partial charge in [-0.2, -0.15) is 8.42 Å². The SMILES string of the molecule is COc1ccc(OS(=O)(=O)c2ccc(NC(=O)CN)cc2)cc1. The topological polar surface area (TPSA) is 108 Å². The number of methoxy groups -OCH3 is 1. The van der Waals surface area contributed by atoms with Gasteiger partial charge in [0.15, 0.2) is 0 Å². The van der Waals surface area contributed by atoms with Gasteiger partial charge in [-0.25, -0.2) is 0 Å². The van der Waals surface area contributed by atoms with Crippen LogP contribution >= 0.6 is 0 Å². The number of benzene rings is 2. The summed E-state index contributed by atoms with van der Waals surface area (Å²) in [6.45, 7) is -0.152. The molecule has 7 nitrogen and oxygen atoms in total. The van der Waals surface area contributed by atoms with Gasteiger partial charge in [-0.15, -0.1) is 0 Å². The lowest BCUT2D eigenvalue weighted by Crippen LogP contribution is -2.21. The Bertz CT molecular complexity index is 771. The van der Waals surface area contributed by atoms with Crippen LogP contribution in [0.2, 0.25) is 0 Å². The standard InChI is InChI=1S/C15H16N2O5S/c1-21-12-4-6-13(7-5-12)22-23(19,20)14-8-2-11(3-9-14)17-15(18)10-16/h2-9H,10,16H2,1H3,(H,17,18). The molecule has 0 saturated heterocycles. The van der Waals surface area contributed by atoms with Crippen molar-refractivity contribution in [2.75, 3.05) is 19.0 Å². The van der Waals surface area contributed by atoms with Crippen LogP contribution in [0, 0.1) is 0 Å². The molecule has 0 radical (unpaired) electrons. The first-order valence-corrected chi connectivity index (χ1v) is 8.04. The average Bonchev–Trinajstić information content (AvgIpc) is 2.55. The van der Waals surface area contributed by atoms with Gasteiger partial charge < -0.3 is 20.0 Å². The molecule has 0 atom stereocenters. The molecule has 0 saturated carbocycles. The van der Waals surface area contributed by atoms with Gasteiger partial charge in [-0.1, -0.05) is 0 Å². The Morgan fingerprint density at radius 1 is 1.04 bits per heavy atom. The van der Waals surface area contributed by atoms with Crippen LogP contribution in [0.1, 0.15) is 0 Å². The molecule has 2 aromatic rings. The highest BCUT2D eigenvalue weighted by atomic mass is 32.2. The minimum absolute atomic E-state index is 0.0286. The van der Waals surface area contributed by atoms with E-state index in [1.165, 1.54) is 43.5 Å². The fourth-order valence-electron chi connectivity index (χ4n) is 1.72. The molecule has 2 aromatic carbocycles. The zero-order chi connectivity index (χ0) is 16.9. The zero-order valence-corrected chi connectivity index (χ0v) is 13.2. The summed E-state index contributed by atoms with van der Waals surface area (Å²) in [5.74, 6) is 0.399. The van der Waals surface area contributed by atoms with Crippen molar-refractivity contribution in [2.24, 2.45) is 5.73 Å². The summed E-state index contributed by atoms with van der Waals surface area (Å²) in [5.41, 5.74) is 5.64. The second kappa shape index (κ2) is 7.12. The van der Waals surface area contributed by atoms with Gasteiger partial charge in [0.25, 0.3) is 0 Å². The van der Waals surface area contributed by atoms with E-state index in [0.717, 1.165) is 0 Å². The van der Waals surface area contributed by atoms with Crippen molar-refractivity contribution in [3.8, 4) is 11.5 Å². The Hall–Kier alpha value is -2.58. The van der Waals surface area contributed by atoms with Crippen LogP contribution in [-0.2, 0) is 14.9 Å². The quantitative estimate of drug-likeness (QED) is 0.771. The van der Waals surface area contributed by atoms with Gasteiger partial charge in [0.05, 0.1) is 13.7 Å². The maximum absolute atomic E-state index is 12.2. The third kappa shape index (κ3) is 4.44. The highest BCUT2D eigenvalue weighted by molar-refractivity contribution is 7.87. The molecule has 0 aliphatic carbocycles. The van der Waals surface area contributed by atoms with Crippen LogP contribution < -0.4 is 20.0 Å². The largest absolute Gasteiger partial charge is 0.497 e. The maximum Gasteiger partial charge on any atom is 0.339 e. The van der Waals surface area contributed by atoms with Gasteiger partial charge in [-0.3, -0.25) is 4.79 Å². The number of anilines is 1. The molecular formula is C15H16N2O5S. The van der Waals surface area contributed by atoms with E-state index in [1.54, 1.807) is 12.1 Å². The number of hydrogen-bond donors (Lipinski definition) is 2. The normalized spacial score (nSPS) is 10.9. The van der Waals surface area contributed by atoms with E-state index in [2.05, 4.69) is 5.32 Å². The third-order valence-electron chi connectivity index (χ3n) is 2.88. The van der Waals surface area contributed by atoms with Gasteiger partial charge in [0.1, 0.15) is 16.4 Å². The molecule has 122 valence electrons. The summed E-state index contributed by atoms with van der Waals surface area (Å²) in [5, 5.41) is 2.52. The minimum Gasteiger partial charge on any atom is -0.497 e. The molecule has 0 aliphatic heterocycles. The number of carbonyl (C=O) groups excluding carboxylic acids is 1. The summed E-state index contributed by atoms with van der Waals surface area (Å²) in [4.78, 5) is 11.1. The van der Waals surface area contributed by atoms with E-state index < -0.39 is 10.1 Å². The fourth-order valence-corrected chi connectivity index (χ4v) is 2.65. The fraction of sp³-hybridized carbons (Fsp3) is 0.133. The molecule has 0 unspecified atom stereocenters. The van der Waals surface area contributed by atoms with E-state index in [1.807, 2.05) is 0 Å². The molecular weight excluding hydrogens is 320 g/mol. The molecule has 23 heavy (non-hydrogen) atoms. The first-order valence-electron chi connectivity index (χ1n) is 6.63. The summed E-state index contributed by atoms with van der Waals surface area (Å²) in [7, 11) is -2.45. The molecule has 3 N–H and O–H groups in total. The lowest BCUT2D eigenvalue weighted by Gasteiger charge is -2.09.